The Bertz CT molecular complexity index is 701. The summed E-state index contributed by atoms with van der Waals surface area (Å²) in [6, 6.07) is 19.1. The predicted octanol–water partition coefficient (Wildman–Crippen LogP) is 4.50. The lowest BCUT2D eigenvalue weighted by atomic mass is 9.97. The van der Waals surface area contributed by atoms with E-state index in [4.69, 9.17) is 0 Å². The average Bonchev–Trinajstić information content (AvgIpc) is 2.68. The van der Waals surface area contributed by atoms with Crippen molar-refractivity contribution in [2.24, 2.45) is 11.8 Å². The number of rotatable bonds is 5. The highest BCUT2D eigenvalue weighted by Crippen LogP contribution is 2.24. The first-order chi connectivity index (χ1) is 12.5. The minimum Gasteiger partial charge on any atom is -0.368 e. The van der Waals surface area contributed by atoms with Crippen LogP contribution in [0.5, 0.6) is 0 Å². The molecule has 3 rings (SSSR count). The lowest BCUT2D eigenvalue weighted by molar-refractivity contribution is -0.134. The molecule has 2 aromatic rings. The molecule has 0 bridgehead atoms. The molecule has 1 heterocycles. The Morgan fingerprint density at radius 2 is 1.50 bits per heavy atom. The molecule has 0 N–H and O–H groups in total. The van der Waals surface area contributed by atoms with Crippen molar-refractivity contribution in [2.75, 3.05) is 31.1 Å². The molecule has 0 spiro atoms. The van der Waals surface area contributed by atoms with Crippen LogP contribution in [-0.2, 0) is 4.79 Å². The largest absolute Gasteiger partial charge is 0.368 e. The van der Waals surface area contributed by atoms with E-state index >= 15 is 0 Å². The SMILES string of the molecule is [CH2][C@@H](CC(C)C)C(=O)N1CCN(c2ccc(-c3ccccc3)cc2)CC1. The Balaban J connectivity index is 1.57. The normalized spacial score (nSPS) is 16.0. The number of piperazine rings is 1. The van der Waals surface area contributed by atoms with Crippen molar-refractivity contribution < 1.29 is 4.79 Å². The van der Waals surface area contributed by atoms with E-state index in [0.29, 0.717) is 5.92 Å². The third-order valence-electron chi connectivity index (χ3n) is 5.04. The van der Waals surface area contributed by atoms with Gasteiger partial charge in [-0.05, 0) is 42.5 Å². The summed E-state index contributed by atoms with van der Waals surface area (Å²) in [5, 5.41) is 0. The van der Waals surface area contributed by atoms with Crippen LogP contribution in [0.3, 0.4) is 0 Å². The van der Waals surface area contributed by atoms with Crippen LogP contribution < -0.4 is 4.90 Å². The van der Waals surface area contributed by atoms with E-state index in [9.17, 15) is 4.79 Å². The molecule has 1 atom stereocenters. The van der Waals surface area contributed by atoms with Gasteiger partial charge in [0.1, 0.15) is 0 Å². The van der Waals surface area contributed by atoms with Gasteiger partial charge in [-0.2, -0.15) is 0 Å². The zero-order valence-electron chi connectivity index (χ0n) is 15.9. The van der Waals surface area contributed by atoms with Gasteiger partial charge >= 0.3 is 0 Å². The van der Waals surface area contributed by atoms with Crippen molar-refractivity contribution in [3.05, 3.63) is 61.5 Å². The fourth-order valence-electron chi connectivity index (χ4n) is 3.61. The molecular formula is C23H29N2O. The highest BCUT2D eigenvalue weighted by atomic mass is 16.2. The second kappa shape index (κ2) is 8.39. The summed E-state index contributed by atoms with van der Waals surface area (Å²) in [7, 11) is 0. The first kappa shape index (κ1) is 18.5. The van der Waals surface area contributed by atoms with Crippen LogP contribution in [0, 0.1) is 18.8 Å². The minimum absolute atomic E-state index is 0.119. The summed E-state index contributed by atoms with van der Waals surface area (Å²) in [6.07, 6.45) is 0.861. The molecule has 26 heavy (non-hydrogen) atoms. The van der Waals surface area contributed by atoms with Crippen LogP contribution in [-0.4, -0.2) is 37.0 Å². The van der Waals surface area contributed by atoms with Crippen molar-refractivity contribution >= 4 is 11.6 Å². The predicted molar refractivity (Wildman–Crippen MR) is 109 cm³/mol. The van der Waals surface area contributed by atoms with Crippen molar-refractivity contribution in [1.29, 1.82) is 0 Å². The number of nitrogens with zero attached hydrogens (tertiary/aromatic N) is 2. The zero-order chi connectivity index (χ0) is 18.5. The summed E-state index contributed by atoms with van der Waals surface area (Å²) in [4.78, 5) is 16.9. The quantitative estimate of drug-likeness (QED) is 0.793. The molecule has 0 aliphatic carbocycles. The fraction of sp³-hybridized carbons (Fsp3) is 0.391. The fourth-order valence-corrected chi connectivity index (χ4v) is 3.61. The van der Waals surface area contributed by atoms with Crippen LogP contribution in [0.4, 0.5) is 5.69 Å². The molecule has 0 unspecified atom stereocenters. The zero-order valence-corrected chi connectivity index (χ0v) is 15.9. The second-order valence-corrected chi connectivity index (χ2v) is 7.55. The standard InChI is InChI=1S/C23H29N2O/c1-18(2)17-19(3)23(26)25-15-13-24(14-16-25)22-11-9-21(10-12-22)20-7-5-4-6-8-20/h4-12,18-19H,3,13-17H2,1-2H3/t19-/m0/s1. The summed E-state index contributed by atoms with van der Waals surface area (Å²) in [6.45, 7) is 11.7. The average molecular weight is 349 g/mol. The number of hydrogen-bond acceptors (Lipinski definition) is 2. The monoisotopic (exact) mass is 349 g/mol. The van der Waals surface area contributed by atoms with Gasteiger partial charge in [-0.1, -0.05) is 56.3 Å². The van der Waals surface area contributed by atoms with Gasteiger partial charge < -0.3 is 9.80 Å². The van der Waals surface area contributed by atoms with E-state index in [0.717, 1.165) is 32.6 Å². The van der Waals surface area contributed by atoms with Crippen molar-refractivity contribution in [3.63, 3.8) is 0 Å². The van der Waals surface area contributed by atoms with Gasteiger partial charge in [0.05, 0.1) is 0 Å². The van der Waals surface area contributed by atoms with Crippen LogP contribution in [0.15, 0.2) is 54.6 Å². The molecule has 3 heteroatoms. The Hall–Kier alpha value is -2.29. The molecular weight excluding hydrogens is 320 g/mol. The first-order valence-electron chi connectivity index (χ1n) is 9.57. The maximum atomic E-state index is 12.5. The first-order valence-corrected chi connectivity index (χ1v) is 9.57. The molecule has 1 aliphatic heterocycles. The molecule has 1 aliphatic rings. The molecule has 0 saturated carbocycles. The molecule has 1 radical (unpaired) electrons. The van der Waals surface area contributed by atoms with Gasteiger partial charge in [0, 0.05) is 37.8 Å². The number of carbonyl (C=O) groups is 1. The van der Waals surface area contributed by atoms with Crippen LogP contribution >= 0.6 is 0 Å². The smallest absolute Gasteiger partial charge is 0.225 e. The summed E-state index contributed by atoms with van der Waals surface area (Å²) in [5.74, 6) is 0.593. The summed E-state index contributed by atoms with van der Waals surface area (Å²) >= 11 is 0. The van der Waals surface area contributed by atoms with Crippen LogP contribution in [0.2, 0.25) is 0 Å². The van der Waals surface area contributed by atoms with Gasteiger partial charge in [-0.3, -0.25) is 4.79 Å². The number of benzene rings is 2. The Morgan fingerprint density at radius 1 is 0.923 bits per heavy atom. The summed E-state index contributed by atoms with van der Waals surface area (Å²) < 4.78 is 0. The van der Waals surface area contributed by atoms with E-state index in [-0.39, 0.29) is 11.8 Å². The van der Waals surface area contributed by atoms with Crippen molar-refractivity contribution in [3.8, 4) is 11.1 Å². The highest BCUT2D eigenvalue weighted by molar-refractivity contribution is 5.79. The maximum absolute atomic E-state index is 12.5. The molecule has 1 amide bonds. The molecule has 3 nitrogen and oxygen atoms in total. The molecule has 1 fully saturated rings. The van der Waals surface area contributed by atoms with Gasteiger partial charge in [-0.25, -0.2) is 0 Å². The van der Waals surface area contributed by atoms with Crippen LogP contribution in [0.25, 0.3) is 11.1 Å². The van der Waals surface area contributed by atoms with E-state index in [2.05, 4.69) is 74.2 Å². The lowest BCUT2D eigenvalue weighted by Crippen LogP contribution is -2.50. The minimum atomic E-state index is -0.119. The molecule has 137 valence electrons. The number of anilines is 1. The van der Waals surface area contributed by atoms with Gasteiger partial charge in [0.25, 0.3) is 0 Å². The van der Waals surface area contributed by atoms with Crippen molar-refractivity contribution in [1.82, 2.24) is 4.90 Å². The third kappa shape index (κ3) is 4.46. The van der Waals surface area contributed by atoms with Crippen molar-refractivity contribution in [2.45, 2.75) is 20.3 Å². The van der Waals surface area contributed by atoms with Gasteiger partial charge in [-0.15, -0.1) is 0 Å². The third-order valence-corrected chi connectivity index (χ3v) is 5.04. The van der Waals surface area contributed by atoms with E-state index < -0.39 is 0 Å². The molecule has 1 saturated heterocycles. The maximum Gasteiger partial charge on any atom is 0.225 e. The highest BCUT2D eigenvalue weighted by Gasteiger charge is 2.25. The Kier molecular flexibility index (Phi) is 5.97. The Morgan fingerprint density at radius 3 is 2.08 bits per heavy atom. The number of hydrogen-bond donors (Lipinski definition) is 0. The number of carbonyl (C=O) groups excluding carboxylic acids is 1. The Labute approximate surface area is 157 Å². The molecule has 0 aromatic heterocycles. The summed E-state index contributed by atoms with van der Waals surface area (Å²) in [5.41, 5.74) is 3.70. The topological polar surface area (TPSA) is 23.6 Å². The molecule has 2 aromatic carbocycles. The number of amides is 1. The second-order valence-electron chi connectivity index (χ2n) is 7.55. The van der Waals surface area contributed by atoms with Gasteiger partial charge in [0.2, 0.25) is 5.91 Å². The lowest BCUT2D eigenvalue weighted by Gasteiger charge is -2.37. The van der Waals surface area contributed by atoms with E-state index in [1.165, 1.54) is 16.8 Å². The van der Waals surface area contributed by atoms with E-state index in [1.807, 2.05) is 11.0 Å². The van der Waals surface area contributed by atoms with Gasteiger partial charge in [0.15, 0.2) is 0 Å². The van der Waals surface area contributed by atoms with Crippen LogP contribution in [0.1, 0.15) is 20.3 Å². The van der Waals surface area contributed by atoms with E-state index in [1.54, 1.807) is 0 Å².